The zero-order valence-electron chi connectivity index (χ0n) is 15.5. The molecule has 6 nitrogen and oxygen atoms in total. The third-order valence-electron chi connectivity index (χ3n) is 3.97. The summed E-state index contributed by atoms with van der Waals surface area (Å²) in [7, 11) is 0. The van der Waals surface area contributed by atoms with Crippen LogP contribution in [0.15, 0.2) is 44.7 Å². The van der Waals surface area contributed by atoms with Gasteiger partial charge in [-0.3, -0.25) is 4.79 Å². The Morgan fingerprint density at radius 3 is 2.62 bits per heavy atom. The first kappa shape index (κ1) is 22.2. The largest absolute Gasteiger partial charge is 0.477 e. The molecule has 0 unspecified atom stereocenters. The minimum atomic E-state index is -0.213. The maximum atomic E-state index is 13.1. The van der Waals surface area contributed by atoms with Gasteiger partial charge in [-0.2, -0.15) is 15.0 Å². The lowest BCUT2D eigenvalue weighted by Crippen LogP contribution is -2.23. The number of hydrogen-bond donors (Lipinski definition) is 0. The zero-order chi connectivity index (χ0) is 21.1. The van der Waals surface area contributed by atoms with Crippen LogP contribution in [0.25, 0.3) is 10.9 Å². The molecule has 0 radical (unpaired) electrons. The van der Waals surface area contributed by atoms with Crippen LogP contribution in [-0.4, -0.2) is 22.5 Å². The van der Waals surface area contributed by atoms with Gasteiger partial charge in [0.1, 0.15) is 17.6 Å². The van der Waals surface area contributed by atoms with Crippen LogP contribution in [-0.2, 0) is 0 Å². The molecule has 0 saturated heterocycles. The average molecular weight is 677 g/mol. The number of benzene rings is 2. The summed E-state index contributed by atoms with van der Waals surface area (Å²) >= 11 is 7.72. The molecule has 3 rings (SSSR count). The Morgan fingerprint density at radius 1 is 1.31 bits per heavy atom. The van der Waals surface area contributed by atoms with Crippen molar-refractivity contribution in [3.8, 4) is 11.8 Å². The van der Waals surface area contributed by atoms with Gasteiger partial charge in [-0.25, -0.2) is 4.98 Å². The summed E-state index contributed by atoms with van der Waals surface area (Å²) in [6.07, 6.45) is 1.64. The summed E-state index contributed by atoms with van der Waals surface area (Å²) < 4.78 is 9.38. The lowest BCUT2D eigenvalue weighted by Gasteiger charge is -2.12. The van der Waals surface area contributed by atoms with Gasteiger partial charge in [0.05, 0.1) is 24.3 Å². The molecule has 0 amide bonds. The van der Waals surface area contributed by atoms with Crippen molar-refractivity contribution in [3.63, 3.8) is 0 Å². The molecule has 0 aliphatic heterocycles. The van der Waals surface area contributed by atoms with Gasteiger partial charge >= 0.3 is 0 Å². The van der Waals surface area contributed by atoms with Crippen LogP contribution >= 0.6 is 61.1 Å². The molecule has 3 aromatic rings. The van der Waals surface area contributed by atoms with E-state index in [-0.39, 0.29) is 18.1 Å². The molecule has 0 saturated carbocycles. The van der Waals surface area contributed by atoms with Gasteiger partial charge in [0.25, 0.3) is 5.56 Å². The number of aromatic nitrogens is 2. The fourth-order valence-electron chi connectivity index (χ4n) is 2.67. The molecule has 0 spiro atoms. The molecule has 0 atom stereocenters. The van der Waals surface area contributed by atoms with Crippen molar-refractivity contribution >= 4 is 78.2 Å². The Balaban J connectivity index is 2.09. The molecule has 1 aromatic heterocycles. The molecular weight excluding hydrogens is 662 g/mol. The van der Waals surface area contributed by atoms with Crippen molar-refractivity contribution in [1.82, 2.24) is 9.66 Å². The first-order valence-electron chi connectivity index (χ1n) is 8.57. The Hall–Kier alpha value is -1.52. The Morgan fingerprint density at radius 2 is 2.00 bits per heavy atom. The van der Waals surface area contributed by atoms with E-state index in [0.29, 0.717) is 22.5 Å². The van der Waals surface area contributed by atoms with Gasteiger partial charge in [0.2, 0.25) is 0 Å². The summed E-state index contributed by atoms with van der Waals surface area (Å²) in [5.41, 5.74) is 1.25. The van der Waals surface area contributed by atoms with Crippen LogP contribution in [0.3, 0.4) is 0 Å². The van der Waals surface area contributed by atoms with Crippen molar-refractivity contribution < 1.29 is 4.74 Å². The number of nitrogens with zero attached hydrogens (tertiary/aromatic N) is 4. The second-order valence-corrected chi connectivity index (χ2v) is 9.65. The minimum absolute atomic E-state index is 0.00903. The van der Waals surface area contributed by atoms with E-state index in [1.807, 2.05) is 44.2 Å². The fourth-order valence-corrected chi connectivity index (χ4v) is 5.16. The fraction of sp³-hybridized carbons (Fsp3) is 0.200. The molecule has 1 heterocycles. The summed E-state index contributed by atoms with van der Waals surface area (Å²) in [6.45, 7) is 3.95. The van der Waals surface area contributed by atoms with Gasteiger partial charge in [-0.1, -0.05) is 29.8 Å². The molecular formula is C20H15BrI2N4O2. The number of halogens is 3. The highest BCUT2D eigenvalue weighted by Crippen LogP contribution is 2.28. The van der Waals surface area contributed by atoms with Crippen molar-refractivity contribution in [3.05, 3.63) is 63.7 Å². The smallest absolute Gasteiger partial charge is 0.282 e. The normalized spacial score (nSPS) is 11.3. The van der Waals surface area contributed by atoms with E-state index in [0.717, 1.165) is 17.2 Å². The Kier molecular flexibility index (Phi) is 7.28. The lowest BCUT2D eigenvalue weighted by molar-refractivity contribution is 0.363. The first-order valence-corrected chi connectivity index (χ1v) is 11.5. The number of ether oxygens (including phenoxy) is 1. The second kappa shape index (κ2) is 9.53. The van der Waals surface area contributed by atoms with Gasteiger partial charge in [-0.15, -0.1) is 0 Å². The quantitative estimate of drug-likeness (QED) is 0.272. The summed E-state index contributed by atoms with van der Waals surface area (Å²) in [5, 5.41) is 13.7. The SMILES string of the molecule is CC(C)c1nc2ccc(Br)cc2c(=O)n1N=Cc1cc(I)c(OCC#N)c(I)c1. The lowest BCUT2D eigenvalue weighted by atomic mass is 10.2. The van der Waals surface area contributed by atoms with Gasteiger partial charge in [0, 0.05) is 10.4 Å². The topological polar surface area (TPSA) is 80.3 Å². The second-order valence-electron chi connectivity index (χ2n) is 6.41. The van der Waals surface area contributed by atoms with Gasteiger partial charge < -0.3 is 4.74 Å². The molecule has 0 fully saturated rings. The van der Waals surface area contributed by atoms with Crippen LogP contribution in [0.5, 0.6) is 5.75 Å². The maximum absolute atomic E-state index is 13.1. The van der Waals surface area contributed by atoms with Crippen molar-refractivity contribution in [1.29, 1.82) is 5.26 Å². The van der Waals surface area contributed by atoms with Gasteiger partial charge in [-0.05, 0) is 81.1 Å². The third-order valence-corrected chi connectivity index (χ3v) is 6.07. The first-order chi connectivity index (χ1) is 13.8. The molecule has 0 N–H and O–H groups in total. The third kappa shape index (κ3) is 4.97. The molecule has 0 aliphatic rings. The van der Waals surface area contributed by atoms with E-state index < -0.39 is 0 Å². The Labute approximate surface area is 203 Å². The van der Waals surface area contributed by atoms with E-state index in [1.54, 1.807) is 12.3 Å². The molecule has 29 heavy (non-hydrogen) atoms. The van der Waals surface area contributed by atoms with E-state index >= 15 is 0 Å². The molecule has 0 bridgehead atoms. The van der Waals surface area contributed by atoms with E-state index in [9.17, 15) is 4.79 Å². The maximum Gasteiger partial charge on any atom is 0.282 e. The van der Waals surface area contributed by atoms with E-state index in [1.165, 1.54) is 4.68 Å². The van der Waals surface area contributed by atoms with Gasteiger partial charge in [0.15, 0.2) is 6.61 Å². The number of nitriles is 1. The van der Waals surface area contributed by atoms with Crippen LogP contribution in [0.2, 0.25) is 0 Å². The minimum Gasteiger partial charge on any atom is -0.477 e. The van der Waals surface area contributed by atoms with Crippen molar-refractivity contribution in [2.45, 2.75) is 19.8 Å². The number of fused-ring (bicyclic) bond motifs is 1. The summed E-state index contributed by atoms with van der Waals surface area (Å²) in [5.74, 6) is 1.29. The van der Waals surface area contributed by atoms with E-state index in [4.69, 9.17) is 10.00 Å². The van der Waals surface area contributed by atoms with Crippen LogP contribution in [0.1, 0.15) is 31.2 Å². The monoisotopic (exact) mass is 676 g/mol. The molecule has 2 aromatic carbocycles. The molecule has 0 aliphatic carbocycles. The van der Waals surface area contributed by atoms with Crippen molar-refractivity contribution in [2.24, 2.45) is 5.10 Å². The molecule has 148 valence electrons. The van der Waals surface area contributed by atoms with Crippen LogP contribution < -0.4 is 10.3 Å². The summed E-state index contributed by atoms with van der Waals surface area (Å²) in [4.78, 5) is 17.7. The van der Waals surface area contributed by atoms with Crippen LogP contribution in [0.4, 0.5) is 0 Å². The average Bonchev–Trinajstić information content (AvgIpc) is 2.67. The zero-order valence-corrected chi connectivity index (χ0v) is 21.4. The highest BCUT2D eigenvalue weighted by Gasteiger charge is 2.14. The van der Waals surface area contributed by atoms with E-state index in [2.05, 4.69) is 71.2 Å². The Bertz CT molecular complexity index is 1190. The predicted molar refractivity (Wildman–Crippen MR) is 134 cm³/mol. The highest BCUT2D eigenvalue weighted by atomic mass is 127. The molecule has 9 heteroatoms. The standard InChI is InChI=1S/C20H15BrI2N4O2/c1-11(2)19-26-17-4-3-13(21)9-14(17)20(28)27(19)25-10-12-7-15(22)18(16(23)8-12)29-6-5-24/h3-4,7-11H,6H2,1-2H3. The summed E-state index contributed by atoms with van der Waals surface area (Å²) in [6, 6.07) is 11.2. The number of hydrogen-bond acceptors (Lipinski definition) is 5. The predicted octanol–water partition coefficient (Wildman–Crippen LogP) is 5.28. The number of rotatable bonds is 5. The van der Waals surface area contributed by atoms with Crippen molar-refractivity contribution in [2.75, 3.05) is 6.61 Å². The van der Waals surface area contributed by atoms with Crippen LogP contribution in [0, 0.1) is 18.5 Å². The highest BCUT2D eigenvalue weighted by molar-refractivity contribution is 14.1.